The van der Waals surface area contributed by atoms with Crippen molar-refractivity contribution in [1.82, 2.24) is 5.32 Å². The second kappa shape index (κ2) is 6.29. The number of hydrogen-bond donors (Lipinski definition) is 2. The van der Waals surface area contributed by atoms with Crippen molar-refractivity contribution in [3.8, 4) is 0 Å². The van der Waals surface area contributed by atoms with E-state index in [1.54, 1.807) is 0 Å². The van der Waals surface area contributed by atoms with E-state index in [9.17, 15) is 5.11 Å². The normalized spacial score (nSPS) is 25.3. The maximum absolute atomic E-state index is 10.2. The van der Waals surface area contributed by atoms with Crippen molar-refractivity contribution >= 4 is 23.4 Å². The lowest BCUT2D eigenvalue weighted by Crippen LogP contribution is -2.41. The Labute approximate surface area is 118 Å². The highest BCUT2D eigenvalue weighted by atomic mass is 35.5. The average Bonchev–Trinajstić information content (AvgIpc) is 2.76. The van der Waals surface area contributed by atoms with Crippen LogP contribution in [-0.2, 0) is 0 Å². The van der Waals surface area contributed by atoms with Crippen molar-refractivity contribution in [3.05, 3.63) is 34.9 Å². The number of benzene rings is 1. The van der Waals surface area contributed by atoms with Gasteiger partial charge in [0.25, 0.3) is 0 Å². The first kappa shape index (κ1) is 14.2. The van der Waals surface area contributed by atoms with Gasteiger partial charge in [-0.1, -0.05) is 30.7 Å². The van der Waals surface area contributed by atoms with E-state index in [2.05, 4.69) is 18.3 Å². The Hall–Kier alpha value is -0.220. The van der Waals surface area contributed by atoms with Crippen LogP contribution in [0, 0.1) is 0 Å². The third kappa shape index (κ3) is 3.89. The molecule has 1 heterocycles. The van der Waals surface area contributed by atoms with Crippen LogP contribution in [0.5, 0.6) is 0 Å². The van der Waals surface area contributed by atoms with Gasteiger partial charge >= 0.3 is 0 Å². The Morgan fingerprint density at radius 2 is 2.39 bits per heavy atom. The lowest BCUT2D eigenvalue weighted by atomic mass is 10.00. The molecule has 1 aromatic carbocycles. The zero-order valence-corrected chi connectivity index (χ0v) is 12.2. The van der Waals surface area contributed by atoms with Gasteiger partial charge in [0.2, 0.25) is 0 Å². The molecule has 100 valence electrons. The Morgan fingerprint density at radius 3 is 3.06 bits per heavy atom. The molecule has 2 rings (SSSR count). The van der Waals surface area contributed by atoms with Crippen molar-refractivity contribution in [3.63, 3.8) is 0 Å². The summed E-state index contributed by atoms with van der Waals surface area (Å²) in [6, 6.07) is 7.98. The molecular weight excluding hydrogens is 266 g/mol. The number of thioether (sulfide) groups is 1. The van der Waals surface area contributed by atoms with Crippen LogP contribution in [0.2, 0.25) is 5.02 Å². The first-order chi connectivity index (χ1) is 8.59. The summed E-state index contributed by atoms with van der Waals surface area (Å²) in [6.45, 7) is 3.73. The summed E-state index contributed by atoms with van der Waals surface area (Å²) < 4.78 is 0. The SMILES string of the molecule is C[C@H](CNC[C@]1(O)CCSC1)c1cccc(Cl)c1. The Morgan fingerprint density at radius 1 is 1.56 bits per heavy atom. The molecule has 1 aromatic rings. The van der Waals surface area contributed by atoms with Crippen LogP contribution >= 0.6 is 23.4 Å². The molecule has 18 heavy (non-hydrogen) atoms. The number of rotatable bonds is 5. The van der Waals surface area contributed by atoms with Gasteiger partial charge < -0.3 is 10.4 Å². The van der Waals surface area contributed by atoms with Gasteiger partial charge in [0, 0.05) is 23.9 Å². The zero-order chi connectivity index (χ0) is 13.0. The minimum atomic E-state index is -0.501. The van der Waals surface area contributed by atoms with Crippen LogP contribution in [0.25, 0.3) is 0 Å². The summed E-state index contributed by atoms with van der Waals surface area (Å²) in [5.41, 5.74) is 0.737. The molecule has 1 aliphatic heterocycles. The van der Waals surface area contributed by atoms with Gasteiger partial charge in [-0.05, 0) is 35.8 Å². The van der Waals surface area contributed by atoms with Gasteiger partial charge in [0.05, 0.1) is 5.60 Å². The van der Waals surface area contributed by atoms with E-state index >= 15 is 0 Å². The van der Waals surface area contributed by atoms with E-state index in [0.717, 1.165) is 29.5 Å². The molecule has 1 saturated heterocycles. The van der Waals surface area contributed by atoms with Crippen LogP contribution in [0.3, 0.4) is 0 Å². The van der Waals surface area contributed by atoms with Gasteiger partial charge in [-0.15, -0.1) is 0 Å². The maximum atomic E-state index is 10.2. The molecule has 1 aliphatic rings. The standard InChI is InChI=1S/C14H20ClNOS/c1-11(12-3-2-4-13(15)7-12)8-16-9-14(17)5-6-18-10-14/h2-4,7,11,16-17H,5-6,8-10H2,1H3/t11-,14-/m1/s1. The van der Waals surface area contributed by atoms with Crippen molar-refractivity contribution in [2.24, 2.45) is 0 Å². The third-order valence-corrected chi connectivity index (χ3v) is 4.87. The van der Waals surface area contributed by atoms with Crippen LogP contribution in [0.4, 0.5) is 0 Å². The number of halogens is 1. The summed E-state index contributed by atoms with van der Waals surface area (Å²) >= 11 is 7.82. The maximum Gasteiger partial charge on any atom is 0.0869 e. The van der Waals surface area contributed by atoms with Gasteiger partial charge in [0.1, 0.15) is 0 Å². The summed E-state index contributed by atoms with van der Waals surface area (Å²) in [6.07, 6.45) is 0.899. The minimum Gasteiger partial charge on any atom is -0.388 e. The van der Waals surface area contributed by atoms with Crippen molar-refractivity contribution in [1.29, 1.82) is 0 Å². The first-order valence-corrected chi connectivity index (χ1v) is 7.89. The highest BCUT2D eigenvalue weighted by molar-refractivity contribution is 7.99. The highest BCUT2D eigenvalue weighted by Crippen LogP contribution is 2.27. The molecule has 0 aliphatic carbocycles. The fourth-order valence-corrected chi connectivity index (χ4v) is 3.68. The topological polar surface area (TPSA) is 32.3 Å². The molecule has 2 atom stereocenters. The molecule has 4 heteroatoms. The van der Waals surface area contributed by atoms with Crippen LogP contribution in [0.1, 0.15) is 24.8 Å². The van der Waals surface area contributed by atoms with Gasteiger partial charge in [-0.25, -0.2) is 0 Å². The predicted octanol–water partition coefficient (Wildman–Crippen LogP) is 2.90. The van der Waals surface area contributed by atoms with Crippen LogP contribution in [0.15, 0.2) is 24.3 Å². The Balaban J connectivity index is 1.79. The van der Waals surface area contributed by atoms with E-state index in [-0.39, 0.29) is 0 Å². The molecular formula is C14H20ClNOS. The lowest BCUT2D eigenvalue weighted by molar-refractivity contribution is 0.0676. The van der Waals surface area contributed by atoms with E-state index in [1.165, 1.54) is 5.56 Å². The van der Waals surface area contributed by atoms with Gasteiger partial charge in [0.15, 0.2) is 0 Å². The molecule has 0 unspecified atom stereocenters. The lowest BCUT2D eigenvalue weighted by Gasteiger charge is -2.23. The van der Waals surface area contributed by atoms with E-state index in [4.69, 9.17) is 11.6 Å². The Kier molecular flexibility index (Phi) is 4.96. The highest BCUT2D eigenvalue weighted by Gasteiger charge is 2.31. The quantitative estimate of drug-likeness (QED) is 0.872. The largest absolute Gasteiger partial charge is 0.388 e. The second-order valence-electron chi connectivity index (χ2n) is 5.11. The van der Waals surface area contributed by atoms with Crippen molar-refractivity contribution < 1.29 is 5.11 Å². The molecule has 1 fully saturated rings. The van der Waals surface area contributed by atoms with E-state index < -0.39 is 5.60 Å². The molecule has 0 bridgehead atoms. The van der Waals surface area contributed by atoms with Crippen molar-refractivity contribution in [2.75, 3.05) is 24.6 Å². The summed E-state index contributed by atoms with van der Waals surface area (Å²) in [5.74, 6) is 2.33. The third-order valence-electron chi connectivity index (χ3n) is 3.40. The molecule has 2 N–H and O–H groups in total. The zero-order valence-electron chi connectivity index (χ0n) is 10.7. The summed E-state index contributed by atoms with van der Waals surface area (Å²) in [7, 11) is 0. The molecule has 0 saturated carbocycles. The van der Waals surface area contributed by atoms with Crippen LogP contribution < -0.4 is 5.32 Å². The predicted molar refractivity (Wildman–Crippen MR) is 79.6 cm³/mol. The average molecular weight is 286 g/mol. The van der Waals surface area contributed by atoms with Crippen molar-refractivity contribution in [2.45, 2.75) is 24.9 Å². The summed E-state index contributed by atoms with van der Waals surface area (Å²) in [4.78, 5) is 0. The fraction of sp³-hybridized carbons (Fsp3) is 0.571. The molecule has 0 aromatic heterocycles. The molecule has 2 nitrogen and oxygen atoms in total. The molecule has 0 spiro atoms. The number of aliphatic hydroxyl groups is 1. The minimum absolute atomic E-state index is 0.404. The number of hydrogen-bond acceptors (Lipinski definition) is 3. The monoisotopic (exact) mass is 285 g/mol. The molecule has 0 radical (unpaired) electrons. The van der Waals surface area contributed by atoms with Gasteiger partial charge in [-0.2, -0.15) is 11.8 Å². The fourth-order valence-electron chi connectivity index (χ4n) is 2.19. The Bertz CT molecular complexity index is 393. The number of nitrogens with one attached hydrogen (secondary N) is 1. The van der Waals surface area contributed by atoms with E-state index in [1.807, 2.05) is 30.0 Å². The smallest absolute Gasteiger partial charge is 0.0869 e. The first-order valence-electron chi connectivity index (χ1n) is 6.35. The summed E-state index contributed by atoms with van der Waals surface area (Å²) in [5, 5.41) is 14.4. The van der Waals surface area contributed by atoms with Gasteiger partial charge in [-0.3, -0.25) is 0 Å². The van der Waals surface area contributed by atoms with Crippen LogP contribution in [-0.4, -0.2) is 35.3 Å². The van der Waals surface area contributed by atoms with E-state index in [0.29, 0.717) is 12.5 Å². The second-order valence-corrected chi connectivity index (χ2v) is 6.66. The molecule has 0 amide bonds.